The fraction of sp³-hybridized carbons (Fsp3) is 0.519. The van der Waals surface area contributed by atoms with Crippen LogP contribution in [0.5, 0.6) is 5.75 Å². The number of carbonyl (C=O) groups excluding carboxylic acids is 1. The van der Waals surface area contributed by atoms with Crippen LogP contribution in [0.2, 0.25) is 0 Å². The average Bonchev–Trinajstić information content (AvgIpc) is 3.05. The molecule has 2 aromatic rings. The minimum atomic E-state index is -3.41. The van der Waals surface area contributed by atoms with Crippen molar-refractivity contribution in [2.24, 2.45) is 0 Å². The zero-order valence-electron chi connectivity index (χ0n) is 21.7. The molecular formula is C27H39N3O4S. The van der Waals surface area contributed by atoms with Gasteiger partial charge in [-0.3, -0.25) is 9.69 Å². The van der Waals surface area contributed by atoms with Gasteiger partial charge >= 0.3 is 0 Å². The largest absolute Gasteiger partial charge is 0.497 e. The van der Waals surface area contributed by atoms with Gasteiger partial charge in [-0.15, -0.1) is 0 Å². The molecule has 0 spiro atoms. The maximum atomic E-state index is 13.6. The van der Waals surface area contributed by atoms with Crippen LogP contribution in [-0.2, 0) is 26.7 Å². The number of hydrogen-bond acceptors (Lipinski definition) is 5. The monoisotopic (exact) mass is 501 g/mol. The van der Waals surface area contributed by atoms with Gasteiger partial charge in [0.1, 0.15) is 18.0 Å². The molecule has 1 N–H and O–H groups in total. The maximum absolute atomic E-state index is 13.6. The van der Waals surface area contributed by atoms with E-state index in [0.29, 0.717) is 19.4 Å². The normalized spacial score (nSPS) is 19.4. The zero-order chi connectivity index (χ0) is 25.8. The number of sulfonamides is 1. The van der Waals surface area contributed by atoms with E-state index in [0.717, 1.165) is 16.9 Å². The Bertz CT molecular complexity index is 1090. The summed E-state index contributed by atoms with van der Waals surface area (Å²) in [4.78, 5) is 17.4. The standard InChI is InChI=1S/C27H39N3O4S/c1-7-18-35(32,33)28-19-24-26(31)30(17-16-20-8-14-23(34-6)15-9-20)25(29(24)5)21-10-12-22(13-11-21)27(2,3)4/h8-15,24-25,28H,7,16-19H2,1-6H3/t24-,25+/m0/s1. The third-order valence-electron chi connectivity index (χ3n) is 6.59. The Kier molecular flexibility index (Phi) is 8.62. The Hall–Kier alpha value is -2.42. The molecule has 3 rings (SSSR count). The van der Waals surface area contributed by atoms with Crippen LogP contribution in [0.4, 0.5) is 0 Å². The van der Waals surface area contributed by atoms with E-state index in [2.05, 4.69) is 49.8 Å². The molecule has 0 aliphatic carbocycles. The summed E-state index contributed by atoms with van der Waals surface area (Å²) >= 11 is 0. The van der Waals surface area contributed by atoms with Gasteiger partial charge in [-0.25, -0.2) is 13.1 Å². The van der Waals surface area contributed by atoms with Crippen LogP contribution < -0.4 is 9.46 Å². The highest BCUT2D eigenvalue weighted by Gasteiger charge is 2.44. The number of amides is 1. The molecule has 1 fully saturated rings. The van der Waals surface area contributed by atoms with E-state index in [4.69, 9.17) is 4.74 Å². The highest BCUT2D eigenvalue weighted by atomic mass is 32.2. The zero-order valence-corrected chi connectivity index (χ0v) is 22.6. The molecule has 0 radical (unpaired) electrons. The van der Waals surface area contributed by atoms with Crippen molar-refractivity contribution in [2.45, 2.75) is 58.2 Å². The molecule has 35 heavy (non-hydrogen) atoms. The number of ether oxygens (including phenoxy) is 1. The van der Waals surface area contributed by atoms with E-state index in [1.165, 1.54) is 5.56 Å². The van der Waals surface area contributed by atoms with Crippen LogP contribution in [-0.4, -0.2) is 63.2 Å². The Morgan fingerprint density at radius 1 is 1.03 bits per heavy atom. The summed E-state index contributed by atoms with van der Waals surface area (Å²) in [5, 5.41) is 0. The molecule has 1 amide bonds. The van der Waals surface area contributed by atoms with Crippen molar-refractivity contribution in [3.8, 4) is 5.75 Å². The van der Waals surface area contributed by atoms with Gasteiger partial charge in [0.25, 0.3) is 0 Å². The summed E-state index contributed by atoms with van der Waals surface area (Å²) in [6.45, 7) is 8.93. The molecule has 1 aliphatic heterocycles. The Morgan fingerprint density at radius 2 is 1.66 bits per heavy atom. The summed E-state index contributed by atoms with van der Waals surface area (Å²) in [5.41, 5.74) is 3.38. The molecule has 1 aliphatic rings. The van der Waals surface area contributed by atoms with Crippen molar-refractivity contribution in [3.63, 3.8) is 0 Å². The summed E-state index contributed by atoms with van der Waals surface area (Å²) in [5.74, 6) is 0.781. The van der Waals surface area contributed by atoms with Crippen molar-refractivity contribution in [1.82, 2.24) is 14.5 Å². The summed E-state index contributed by atoms with van der Waals surface area (Å²) in [6.07, 6.45) is 0.949. The van der Waals surface area contributed by atoms with E-state index >= 15 is 0 Å². The quantitative estimate of drug-likeness (QED) is 0.537. The van der Waals surface area contributed by atoms with E-state index in [-0.39, 0.29) is 29.8 Å². The van der Waals surface area contributed by atoms with Crippen LogP contribution in [0.25, 0.3) is 0 Å². The predicted molar refractivity (Wildman–Crippen MR) is 140 cm³/mol. The number of nitrogens with one attached hydrogen (secondary N) is 1. The lowest BCUT2D eigenvalue weighted by Crippen LogP contribution is -2.43. The second kappa shape index (κ2) is 11.1. The number of rotatable bonds is 10. The predicted octanol–water partition coefficient (Wildman–Crippen LogP) is 3.71. The van der Waals surface area contributed by atoms with E-state index in [1.54, 1.807) is 7.11 Å². The van der Waals surface area contributed by atoms with Gasteiger partial charge in [0.15, 0.2) is 0 Å². The first-order valence-electron chi connectivity index (χ1n) is 12.2. The van der Waals surface area contributed by atoms with E-state index < -0.39 is 16.1 Å². The van der Waals surface area contributed by atoms with Gasteiger partial charge in [-0.1, -0.05) is 64.1 Å². The number of nitrogens with zero attached hydrogens (tertiary/aromatic N) is 2. The number of carbonyl (C=O) groups is 1. The van der Waals surface area contributed by atoms with Crippen molar-refractivity contribution < 1.29 is 17.9 Å². The molecule has 1 heterocycles. The molecule has 7 nitrogen and oxygen atoms in total. The summed E-state index contributed by atoms with van der Waals surface area (Å²) in [6, 6.07) is 15.7. The van der Waals surface area contributed by atoms with Gasteiger partial charge in [0, 0.05) is 13.1 Å². The number of methoxy groups -OCH3 is 1. The fourth-order valence-corrected chi connectivity index (χ4v) is 5.59. The average molecular weight is 502 g/mol. The smallest absolute Gasteiger partial charge is 0.242 e. The van der Waals surface area contributed by atoms with Crippen LogP contribution >= 0.6 is 0 Å². The lowest BCUT2D eigenvalue weighted by atomic mass is 9.86. The van der Waals surface area contributed by atoms with Gasteiger partial charge in [0.05, 0.1) is 12.9 Å². The molecule has 0 bridgehead atoms. The fourth-order valence-electron chi connectivity index (χ4n) is 4.50. The van der Waals surface area contributed by atoms with Gasteiger partial charge in [-0.2, -0.15) is 0 Å². The molecule has 0 saturated carbocycles. The van der Waals surface area contributed by atoms with Crippen molar-refractivity contribution in [1.29, 1.82) is 0 Å². The second-order valence-corrected chi connectivity index (χ2v) is 12.2. The highest BCUT2D eigenvalue weighted by Crippen LogP contribution is 2.34. The first kappa shape index (κ1) is 27.2. The maximum Gasteiger partial charge on any atom is 0.242 e. The van der Waals surface area contributed by atoms with Gasteiger partial charge < -0.3 is 9.64 Å². The molecule has 2 atom stereocenters. The number of hydrogen-bond donors (Lipinski definition) is 1. The highest BCUT2D eigenvalue weighted by molar-refractivity contribution is 7.89. The first-order chi connectivity index (χ1) is 16.5. The lowest BCUT2D eigenvalue weighted by molar-refractivity contribution is -0.130. The van der Waals surface area contributed by atoms with E-state index in [1.807, 2.05) is 48.0 Å². The summed E-state index contributed by atoms with van der Waals surface area (Å²) in [7, 11) is 0.124. The lowest BCUT2D eigenvalue weighted by Gasteiger charge is -2.30. The number of benzene rings is 2. The van der Waals surface area contributed by atoms with Crippen LogP contribution in [0.15, 0.2) is 48.5 Å². The minimum absolute atomic E-state index is 0.0318. The SMILES string of the molecule is CCCS(=O)(=O)NC[C@H]1C(=O)N(CCc2ccc(OC)cc2)[C@H](c2ccc(C(C)(C)C)cc2)N1C. The van der Waals surface area contributed by atoms with Crippen molar-refractivity contribution >= 4 is 15.9 Å². The molecule has 2 aromatic carbocycles. The first-order valence-corrected chi connectivity index (χ1v) is 13.8. The minimum Gasteiger partial charge on any atom is -0.497 e. The molecule has 1 saturated heterocycles. The molecule has 0 unspecified atom stereocenters. The van der Waals surface area contributed by atoms with Gasteiger partial charge in [-0.05, 0) is 54.1 Å². The Labute approximate surface area is 210 Å². The van der Waals surface area contributed by atoms with Gasteiger partial charge in [0.2, 0.25) is 15.9 Å². The Balaban J connectivity index is 1.85. The third-order valence-corrected chi connectivity index (χ3v) is 8.14. The van der Waals surface area contributed by atoms with Crippen LogP contribution in [0.3, 0.4) is 0 Å². The summed E-state index contributed by atoms with van der Waals surface area (Å²) < 4.78 is 32.4. The van der Waals surface area contributed by atoms with Crippen molar-refractivity contribution in [3.05, 3.63) is 65.2 Å². The second-order valence-electron chi connectivity index (χ2n) is 10.2. The molecule has 0 aromatic heterocycles. The topological polar surface area (TPSA) is 79.0 Å². The van der Waals surface area contributed by atoms with Crippen LogP contribution in [0.1, 0.15) is 57.0 Å². The Morgan fingerprint density at radius 3 is 2.20 bits per heavy atom. The third kappa shape index (κ3) is 6.63. The number of likely N-dealkylation sites (N-methyl/N-ethyl adjacent to an activating group) is 1. The van der Waals surface area contributed by atoms with Crippen molar-refractivity contribution in [2.75, 3.05) is 33.0 Å². The molecular weight excluding hydrogens is 462 g/mol. The molecule has 192 valence electrons. The van der Waals surface area contributed by atoms with Crippen LogP contribution in [0, 0.1) is 0 Å². The molecule has 8 heteroatoms. The van der Waals surface area contributed by atoms with E-state index in [9.17, 15) is 13.2 Å².